The van der Waals surface area contributed by atoms with Crippen molar-refractivity contribution >= 4 is 0 Å². The van der Waals surface area contributed by atoms with Crippen LogP contribution in [0, 0.1) is 0 Å². The second-order valence-electron chi connectivity index (χ2n) is 9.95. The van der Waals surface area contributed by atoms with E-state index in [0.29, 0.717) is 0 Å². The van der Waals surface area contributed by atoms with Crippen LogP contribution in [0.2, 0.25) is 0 Å². The first-order valence-corrected chi connectivity index (χ1v) is 14.1. The van der Waals surface area contributed by atoms with Crippen LogP contribution in [0.4, 0.5) is 0 Å². The van der Waals surface area contributed by atoms with Crippen LogP contribution in [-0.4, -0.2) is 0 Å². The van der Waals surface area contributed by atoms with Gasteiger partial charge in [-0.15, -0.1) is 0 Å². The van der Waals surface area contributed by atoms with Crippen molar-refractivity contribution in [2.75, 3.05) is 0 Å². The first-order valence-electron chi connectivity index (χ1n) is 14.1. The van der Waals surface area contributed by atoms with Crippen molar-refractivity contribution in [3.8, 4) is 0 Å². The fourth-order valence-corrected chi connectivity index (χ4v) is 4.75. The average Bonchev–Trinajstić information content (AvgIpc) is 3.48. The van der Waals surface area contributed by atoms with Gasteiger partial charge in [0.05, 0.1) is 0 Å². The van der Waals surface area contributed by atoms with E-state index in [1.165, 1.54) is 161 Å². The summed E-state index contributed by atoms with van der Waals surface area (Å²) >= 11 is 0. The van der Waals surface area contributed by atoms with E-state index < -0.39 is 0 Å². The highest BCUT2D eigenvalue weighted by atomic mass is 14.2. The third kappa shape index (κ3) is 18.2. The monoisotopic (exact) mass is 404 g/mol. The van der Waals surface area contributed by atoms with Crippen LogP contribution in [0.25, 0.3) is 0 Å². The molecule has 0 saturated heterocycles. The summed E-state index contributed by atoms with van der Waals surface area (Å²) in [6, 6.07) is 0. The number of hydrogen-bond donors (Lipinski definition) is 0. The molecule has 0 unspecified atom stereocenters. The van der Waals surface area contributed by atoms with Crippen molar-refractivity contribution in [3.05, 3.63) is 11.1 Å². The Hall–Kier alpha value is -0.260. The van der Waals surface area contributed by atoms with Crippen LogP contribution < -0.4 is 0 Å². The Morgan fingerprint density at radius 3 is 0.862 bits per heavy atom. The van der Waals surface area contributed by atoms with Gasteiger partial charge < -0.3 is 0 Å². The van der Waals surface area contributed by atoms with E-state index >= 15 is 0 Å². The molecule has 0 spiro atoms. The molecule has 0 atom stereocenters. The molecule has 0 heteroatoms. The van der Waals surface area contributed by atoms with E-state index in [4.69, 9.17) is 0 Å². The average molecular weight is 405 g/mol. The maximum absolute atomic E-state index is 2.31. The van der Waals surface area contributed by atoms with Gasteiger partial charge >= 0.3 is 0 Å². The topological polar surface area (TPSA) is 0 Å². The fourth-order valence-electron chi connectivity index (χ4n) is 4.75. The van der Waals surface area contributed by atoms with Crippen LogP contribution in [0.1, 0.15) is 174 Å². The Kier molecular flexibility index (Phi) is 19.4. The second kappa shape index (κ2) is 21.0. The van der Waals surface area contributed by atoms with Gasteiger partial charge in [0.15, 0.2) is 0 Å². The summed E-state index contributed by atoms with van der Waals surface area (Å²) in [4.78, 5) is 0. The minimum atomic E-state index is 1.37. The minimum Gasteiger partial charge on any atom is -0.0666 e. The van der Waals surface area contributed by atoms with Gasteiger partial charge in [-0.05, 0) is 32.1 Å². The SMILES string of the molecule is CCCCCCCCCCCCCCCCCCC1=C(CCCCCCCC)C1. The summed E-state index contributed by atoms with van der Waals surface area (Å²) < 4.78 is 0. The first kappa shape index (κ1) is 26.8. The summed E-state index contributed by atoms with van der Waals surface area (Å²) in [5.41, 5.74) is 3.70. The number of unbranched alkanes of at least 4 members (excludes halogenated alkanes) is 20. The Morgan fingerprint density at radius 2 is 0.586 bits per heavy atom. The summed E-state index contributed by atoms with van der Waals surface area (Å²) in [7, 11) is 0. The normalized spacial score (nSPS) is 13.4. The Balaban J connectivity index is 1.71. The fraction of sp³-hybridized carbons (Fsp3) is 0.931. The number of rotatable bonds is 24. The van der Waals surface area contributed by atoms with Gasteiger partial charge in [0.1, 0.15) is 0 Å². The van der Waals surface area contributed by atoms with Crippen molar-refractivity contribution in [1.29, 1.82) is 0 Å². The molecular formula is C29H56. The lowest BCUT2D eigenvalue weighted by molar-refractivity contribution is 0.529. The van der Waals surface area contributed by atoms with E-state index in [1.807, 2.05) is 11.1 Å². The van der Waals surface area contributed by atoms with Crippen molar-refractivity contribution in [2.24, 2.45) is 0 Å². The summed E-state index contributed by atoms with van der Waals surface area (Å²) in [6.45, 7) is 4.61. The molecule has 1 rings (SSSR count). The molecule has 0 aromatic carbocycles. The molecule has 1 aliphatic rings. The molecule has 0 saturated carbocycles. The van der Waals surface area contributed by atoms with Crippen LogP contribution in [0.15, 0.2) is 11.1 Å². The van der Waals surface area contributed by atoms with Gasteiger partial charge in [0.25, 0.3) is 0 Å². The zero-order chi connectivity index (χ0) is 20.8. The minimum absolute atomic E-state index is 1.37. The van der Waals surface area contributed by atoms with Gasteiger partial charge in [-0.1, -0.05) is 153 Å². The molecular weight excluding hydrogens is 348 g/mol. The Bertz CT molecular complexity index is 364. The third-order valence-corrected chi connectivity index (χ3v) is 6.97. The van der Waals surface area contributed by atoms with Crippen molar-refractivity contribution in [1.82, 2.24) is 0 Å². The number of hydrogen-bond acceptors (Lipinski definition) is 0. The number of allylic oxidation sites excluding steroid dienone is 2. The molecule has 1 aliphatic carbocycles. The maximum Gasteiger partial charge on any atom is -0.0103 e. The molecule has 172 valence electrons. The third-order valence-electron chi connectivity index (χ3n) is 6.97. The van der Waals surface area contributed by atoms with Crippen LogP contribution in [0.3, 0.4) is 0 Å². The quantitative estimate of drug-likeness (QED) is 0.111. The van der Waals surface area contributed by atoms with Crippen molar-refractivity contribution in [3.63, 3.8) is 0 Å². The zero-order valence-corrected chi connectivity index (χ0v) is 20.7. The molecule has 0 nitrogen and oxygen atoms in total. The molecule has 29 heavy (non-hydrogen) atoms. The Morgan fingerprint density at radius 1 is 0.345 bits per heavy atom. The van der Waals surface area contributed by atoms with Gasteiger partial charge in [-0.2, -0.15) is 0 Å². The summed E-state index contributed by atoms with van der Waals surface area (Å²) in [6.07, 6.45) is 36.5. The molecule has 0 heterocycles. The highest BCUT2D eigenvalue weighted by molar-refractivity contribution is 5.34. The van der Waals surface area contributed by atoms with E-state index in [1.54, 1.807) is 0 Å². The zero-order valence-electron chi connectivity index (χ0n) is 20.7. The van der Waals surface area contributed by atoms with E-state index in [2.05, 4.69) is 13.8 Å². The van der Waals surface area contributed by atoms with Gasteiger partial charge in [-0.3, -0.25) is 0 Å². The molecule has 0 bridgehead atoms. The van der Waals surface area contributed by atoms with Crippen LogP contribution >= 0.6 is 0 Å². The van der Waals surface area contributed by atoms with Gasteiger partial charge in [0.2, 0.25) is 0 Å². The lowest BCUT2D eigenvalue weighted by atomic mass is 10.0. The van der Waals surface area contributed by atoms with Crippen molar-refractivity contribution < 1.29 is 0 Å². The lowest BCUT2D eigenvalue weighted by Gasteiger charge is -2.03. The Labute approximate surface area is 185 Å². The predicted octanol–water partition coefficient (Wildman–Crippen LogP) is 11.1. The summed E-state index contributed by atoms with van der Waals surface area (Å²) in [5, 5.41) is 0. The largest absolute Gasteiger partial charge is 0.0666 e. The highest BCUT2D eigenvalue weighted by Gasteiger charge is 2.19. The van der Waals surface area contributed by atoms with E-state index in [9.17, 15) is 0 Å². The first-order chi connectivity index (χ1) is 14.4. The summed E-state index contributed by atoms with van der Waals surface area (Å²) in [5.74, 6) is 0. The second-order valence-corrected chi connectivity index (χ2v) is 9.95. The van der Waals surface area contributed by atoms with Gasteiger partial charge in [-0.25, -0.2) is 0 Å². The highest BCUT2D eigenvalue weighted by Crippen LogP contribution is 2.38. The molecule has 0 aliphatic heterocycles. The predicted molar refractivity (Wildman–Crippen MR) is 134 cm³/mol. The smallest absolute Gasteiger partial charge is 0.0103 e. The molecule has 0 aromatic rings. The van der Waals surface area contributed by atoms with Crippen LogP contribution in [0.5, 0.6) is 0 Å². The maximum atomic E-state index is 2.31. The standard InChI is InChI=1S/C29H56/c1-3-5-7-9-11-12-13-14-15-16-17-18-19-20-22-24-26-29-27-28(29)25-23-21-10-8-6-4-2/h3-27H2,1-2H3. The van der Waals surface area contributed by atoms with Gasteiger partial charge in [0, 0.05) is 0 Å². The lowest BCUT2D eigenvalue weighted by Crippen LogP contribution is -1.83. The van der Waals surface area contributed by atoms with E-state index in [-0.39, 0.29) is 0 Å². The molecule has 0 N–H and O–H groups in total. The van der Waals surface area contributed by atoms with E-state index in [0.717, 1.165) is 0 Å². The molecule has 0 amide bonds. The molecule has 0 radical (unpaired) electrons. The molecule has 0 aromatic heterocycles. The molecule has 0 fully saturated rings. The van der Waals surface area contributed by atoms with Crippen molar-refractivity contribution in [2.45, 2.75) is 174 Å². The van der Waals surface area contributed by atoms with Crippen LogP contribution in [-0.2, 0) is 0 Å².